The van der Waals surface area contributed by atoms with Crippen molar-refractivity contribution in [3.8, 4) is 5.75 Å². The lowest BCUT2D eigenvalue weighted by Crippen LogP contribution is -2.28. The van der Waals surface area contributed by atoms with Crippen molar-refractivity contribution in [2.24, 2.45) is 4.99 Å². The van der Waals surface area contributed by atoms with Crippen LogP contribution in [0.15, 0.2) is 121 Å². The van der Waals surface area contributed by atoms with Crippen LogP contribution in [0.4, 0.5) is 11.4 Å². The molecule has 0 spiro atoms. The van der Waals surface area contributed by atoms with E-state index in [9.17, 15) is 13.2 Å². The molecule has 1 saturated heterocycles. The van der Waals surface area contributed by atoms with E-state index < -0.39 is 10.1 Å². The monoisotopic (exact) mass is 702 g/mol. The Morgan fingerprint density at radius 2 is 1.46 bits per heavy atom. The van der Waals surface area contributed by atoms with Gasteiger partial charge in [-0.2, -0.15) is 8.42 Å². The molecule has 0 aliphatic carbocycles. The van der Waals surface area contributed by atoms with E-state index in [0.717, 1.165) is 5.69 Å². The molecule has 196 valence electrons. The lowest BCUT2D eigenvalue weighted by molar-refractivity contribution is -0.113. The number of halogens is 3. The van der Waals surface area contributed by atoms with Gasteiger partial charge in [0.1, 0.15) is 4.90 Å². The van der Waals surface area contributed by atoms with Gasteiger partial charge in [-0.3, -0.25) is 9.69 Å². The standard InChI is InChI=1S/C28H17Br2ClN2O4S2/c29-23-15-18(16-24(30)26(23)37-39(35,36)22-13-11-19(31)12-14-22)17-25-27(34)33(21-9-5-2-6-10-21)28(38-25)32-20-7-3-1-4-8-20/h1-17H/b25-17+,32-28?. The molecule has 0 aromatic heterocycles. The van der Waals surface area contributed by atoms with Gasteiger partial charge in [-0.05, 0) is 116 Å². The van der Waals surface area contributed by atoms with Crippen molar-refractivity contribution in [2.45, 2.75) is 4.90 Å². The Bertz CT molecular complexity index is 1690. The summed E-state index contributed by atoms with van der Waals surface area (Å²) in [6.45, 7) is 0. The Morgan fingerprint density at radius 3 is 2.08 bits per heavy atom. The van der Waals surface area contributed by atoms with Gasteiger partial charge in [0.25, 0.3) is 5.91 Å². The third-order valence-corrected chi connectivity index (χ3v) is 9.05. The summed E-state index contributed by atoms with van der Waals surface area (Å²) in [7, 11) is -4.11. The van der Waals surface area contributed by atoms with Crippen LogP contribution in [0.3, 0.4) is 0 Å². The third-order valence-electron chi connectivity index (χ3n) is 5.42. The maximum absolute atomic E-state index is 13.5. The Balaban J connectivity index is 1.47. The van der Waals surface area contributed by atoms with Gasteiger partial charge < -0.3 is 4.18 Å². The van der Waals surface area contributed by atoms with Crippen LogP contribution in [-0.4, -0.2) is 19.5 Å². The van der Waals surface area contributed by atoms with Gasteiger partial charge in [-0.1, -0.05) is 48.0 Å². The summed E-state index contributed by atoms with van der Waals surface area (Å²) in [5.41, 5.74) is 2.07. The molecular weight excluding hydrogens is 688 g/mol. The van der Waals surface area contributed by atoms with Crippen LogP contribution in [0.5, 0.6) is 5.75 Å². The topological polar surface area (TPSA) is 76.0 Å². The maximum atomic E-state index is 13.5. The van der Waals surface area contributed by atoms with Gasteiger partial charge in [0.2, 0.25) is 0 Å². The molecule has 0 saturated carbocycles. The number of amidine groups is 1. The highest BCUT2D eigenvalue weighted by molar-refractivity contribution is 9.11. The first-order valence-corrected chi connectivity index (χ1v) is 15.5. The normalized spacial score (nSPS) is 15.8. The van der Waals surface area contributed by atoms with Crippen LogP contribution < -0.4 is 9.08 Å². The van der Waals surface area contributed by atoms with E-state index in [4.69, 9.17) is 20.8 Å². The van der Waals surface area contributed by atoms with Crippen LogP contribution in [0.1, 0.15) is 5.56 Å². The van der Waals surface area contributed by atoms with E-state index in [1.807, 2.05) is 60.7 Å². The molecule has 39 heavy (non-hydrogen) atoms. The second kappa shape index (κ2) is 11.7. The molecule has 1 aliphatic heterocycles. The Morgan fingerprint density at radius 1 is 0.872 bits per heavy atom. The molecule has 0 unspecified atom stereocenters. The van der Waals surface area contributed by atoms with Crippen molar-refractivity contribution in [3.63, 3.8) is 0 Å². The number of carbonyl (C=O) groups is 1. The predicted octanol–water partition coefficient (Wildman–Crippen LogP) is 8.44. The Hall–Kier alpha value is -2.89. The Kier molecular flexibility index (Phi) is 8.29. The molecule has 11 heteroatoms. The van der Waals surface area contributed by atoms with Gasteiger partial charge in [0, 0.05) is 5.02 Å². The fourth-order valence-electron chi connectivity index (χ4n) is 3.62. The van der Waals surface area contributed by atoms with E-state index in [2.05, 4.69) is 31.9 Å². The first-order valence-electron chi connectivity index (χ1n) is 11.3. The van der Waals surface area contributed by atoms with Gasteiger partial charge >= 0.3 is 10.1 Å². The number of amides is 1. The minimum Gasteiger partial charge on any atom is -0.377 e. The summed E-state index contributed by atoms with van der Waals surface area (Å²) >= 11 is 13.9. The molecule has 0 atom stereocenters. The lowest BCUT2D eigenvalue weighted by Gasteiger charge is -2.15. The zero-order valence-corrected chi connectivity index (χ0v) is 25.4. The van der Waals surface area contributed by atoms with Crippen LogP contribution >= 0.6 is 55.2 Å². The van der Waals surface area contributed by atoms with Crippen LogP contribution in [-0.2, 0) is 14.9 Å². The molecular formula is C28H17Br2ClN2O4S2. The predicted molar refractivity (Wildman–Crippen MR) is 164 cm³/mol. The second-order valence-corrected chi connectivity index (χ2v) is 12.8. The smallest absolute Gasteiger partial charge is 0.339 e. The van der Waals surface area contributed by atoms with E-state index in [1.54, 1.807) is 23.1 Å². The molecule has 6 nitrogen and oxygen atoms in total. The number of para-hydroxylation sites is 2. The van der Waals surface area contributed by atoms with Crippen LogP contribution in [0.25, 0.3) is 6.08 Å². The largest absolute Gasteiger partial charge is 0.377 e. The van der Waals surface area contributed by atoms with E-state index in [0.29, 0.717) is 35.3 Å². The van der Waals surface area contributed by atoms with Gasteiger partial charge in [-0.15, -0.1) is 0 Å². The number of aliphatic imine (C=N–C) groups is 1. The first-order chi connectivity index (χ1) is 18.7. The van der Waals surface area contributed by atoms with Gasteiger partial charge in [-0.25, -0.2) is 4.99 Å². The maximum Gasteiger partial charge on any atom is 0.339 e. The van der Waals surface area contributed by atoms with Crippen molar-refractivity contribution in [2.75, 3.05) is 4.90 Å². The highest BCUT2D eigenvalue weighted by atomic mass is 79.9. The average Bonchev–Trinajstić information content (AvgIpc) is 3.21. The van der Waals surface area contributed by atoms with Crippen molar-refractivity contribution < 1.29 is 17.4 Å². The van der Waals surface area contributed by atoms with E-state index in [1.165, 1.54) is 36.0 Å². The van der Waals surface area contributed by atoms with E-state index in [-0.39, 0.29) is 16.6 Å². The zero-order valence-electron chi connectivity index (χ0n) is 19.8. The zero-order chi connectivity index (χ0) is 27.6. The average molecular weight is 705 g/mol. The fourth-order valence-corrected chi connectivity index (χ4v) is 7.31. The Labute approximate surface area is 251 Å². The summed E-state index contributed by atoms with van der Waals surface area (Å²) in [6.07, 6.45) is 1.73. The summed E-state index contributed by atoms with van der Waals surface area (Å²) in [5.74, 6) is -0.145. The number of rotatable bonds is 6. The summed E-state index contributed by atoms with van der Waals surface area (Å²) in [6, 6.07) is 27.8. The van der Waals surface area contributed by atoms with Crippen molar-refractivity contribution in [1.29, 1.82) is 0 Å². The molecule has 0 radical (unpaired) electrons. The van der Waals surface area contributed by atoms with E-state index >= 15 is 0 Å². The highest BCUT2D eigenvalue weighted by Crippen LogP contribution is 2.40. The molecule has 1 aliphatic rings. The number of thioether (sulfide) groups is 1. The van der Waals surface area contributed by atoms with Gasteiger partial charge in [0.15, 0.2) is 10.9 Å². The summed E-state index contributed by atoms with van der Waals surface area (Å²) < 4.78 is 31.8. The molecule has 5 rings (SSSR count). The molecule has 4 aromatic carbocycles. The van der Waals surface area contributed by atoms with Crippen molar-refractivity contribution >= 4 is 93.9 Å². The number of anilines is 1. The minimum atomic E-state index is -4.11. The van der Waals surface area contributed by atoms with Crippen LogP contribution in [0, 0.1) is 0 Å². The molecule has 1 amide bonds. The van der Waals surface area contributed by atoms with Crippen molar-refractivity contribution in [1.82, 2.24) is 0 Å². The number of benzene rings is 4. The molecule has 4 aromatic rings. The molecule has 0 bridgehead atoms. The number of nitrogens with zero attached hydrogens (tertiary/aromatic N) is 2. The van der Waals surface area contributed by atoms with Gasteiger partial charge in [0.05, 0.1) is 25.2 Å². The number of hydrogen-bond acceptors (Lipinski definition) is 6. The summed E-state index contributed by atoms with van der Waals surface area (Å²) in [5, 5.41) is 0.937. The quantitative estimate of drug-likeness (QED) is 0.149. The molecule has 1 heterocycles. The fraction of sp³-hybridized carbons (Fsp3) is 0. The first kappa shape index (κ1) is 27.7. The van der Waals surface area contributed by atoms with Crippen molar-refractivity contribution in [3.05, 3.63) is 121 Å². The second-order valence-electron chi connectivity index (χ2n) is 8.12. The molecule has 1 fully saturated rings. The summed E-state index contributed by atoms with van der Waals surface area (Å²) in [4.78, 5) is 20.2. The third kappa shape index (κ3) is 6.31. The minimum absolute atomic E-state index is 0.0314. The number of hydrogen-bond donors (Lipinski definition) is 0. The number of carbonyl (C=O) groups excluding carboxylic acids is 1. The van der Waals surface area contributed by atoms with Crippen LogP contribution in [0.2, 0.25) is 5.02 Å². The SMILES string of the molecule is O=C1/C(=C\c2cc(Br)c(OS(=O)(=O)c3ccc(Cl)cc3)c(Br)c2)SC(=Nc2ccccc2)N1c1ccccc1. The molecule has 0 N–H and O–H groups in total. The highest BCUT2D eigenvalue weighted by Gasteiger charge is 2.35. The lowest BCUT2D eigenvalue weighted by atomic mass is 10.2.